The van der Waals surface area contributed by atoms with Crippen LogP contribution in [0.5, 0.6) is 5.75 Å². The van der Waals surface area contributed by atoms with E-state index >= 15 is 0 Å². The monoisotopic (exact) mass is 354 g/mol. The molecule has 0 spiro atoms. The molecule has 0 fully saturated rings. The van der Waals surface area contributed by atoms with Crippen LogP contribution in [0.25, 0.3) is 0 Å². The number of para-hydroxylation sites is 1. The number of hydrazine groups is 1. The Morgan fingerprint density at radius 3 is 2.35 bits per heavy atom. The fourth-order valence-corrected chi connectivity index (χ4v) is 1.53. The lowest BCUT2D eigenvalue weighted by Crippen LogP contribution is -2.50. The van der Waals surface area contributed by atoms with Crippen molar-refractivity contribution >= 4 is 23.4 Å². The maximum atomic E-state index is 12.4. The van der Waals surface area contributed by atoms with E-state index in [9.17, 15) is 22.8 Å². The fraction of sp³-hybridized carbons (Fsp3) is 0.385. The average molecular weight is 355 g/mol. The molecule has 0 aliphatic rings. The quantitative estimate of drug-likeness (QED) is 0.700. The number of ether oxygens (including phenoxy) is 1. The van der Waals surface area contributed by atoms with Crippen molar-refractivity contribution in [3.63, 3.8) is 0 Å². The highest BCUT2D eigenvalue weighted by atomic mass is 35.5. The van der Waals surface area contributed by atoms with Gasteiger partial charge < -0.3 is 9.84 Å². The molecule has 0 aromatic heterocycles. The molecule has 3 N–H and O–H groups in total. The van der Waals surface area contributed by atoms with Crippen molar-refractivity contribution in [2.24, 2.45) is 0 Å². The van der Waals surface area contributed by atoms with Gasteiger partial charge in [-0.3, -0.25) is 20.4 Å². The van der Waals surface area contributed by atoms with Gasteiger partial charge in [0.05, 0.1) is 11.4 Å². The molecule has 10 heteroatoms. The molecule has 0 bridgehead atoms. The van der Waals surface area contributed by atoms with Gasteiger partial charge in [-0.05, 0) is 19.1 Å². The highest BCUT2D eigenvalue weighted by Crippen LogP contribution is 2.32. The first-order valence-corrected chi connectivity index (χ1v) is 6.65. The van der Waals surface area contributed by atoms with E-state index in [2.05, 4.69) is 0 Å². The van der Waals surface area contributed by atoms with Crippen LogP contribution in [-0.2, 0) is 9.59 Å². The molecule has 6 nitrogen and oxygen atoms in total. The van der Waals surface area contributed by atoms with E-state index in [1.165, 1.54) is 12.1 Å². The van der Waals surface area contributed by atoms with Crippen LogP contribution in [-0.4, -0.2) is 35.3 Å². The smallest absolute Gasteiger partial charge is 0.417 e. The summed E-state index contributed by atoms with van der Waals surface area (Å²) in [7, 11) is 0. The van der Waals surface area contributed by atoms with Gasteiger partial charge in [-0.25, -0.2) is 0 Å². The minimum Gasteiger partial charge on any atom is -0.482 e. The van der Waals surface area contributed by atoms with Crippen LogP contribution < -0.4 is 15.6 Å². The predicted molar refractivity (Wildman–Crippen MR) is 74.5 cm³/mol. The first-order chi connectivity index (χ1) is 10.5. The van der Waals surface area contributed by atoms with Crippen LogP contribution >= 0.6 is 11.6 Å². The highest BCUT2D eigenvalue weighted by Gasteiger charge is 2.51. The van der Waals surface area contributed by atoms with E-state index in [-0.39, 0.29) is 10.8 Å². The summed E-state index contributed by atoms with van der Waals surface area (Å²) in [6, 6.07) is 6.33. The summed E-state index contributed by atoms with van der Waals surface area (Å²) in [5.74, 6) is -1.79. The van der Waals surface area contributed by atoms with E-state index in [1.54, 1.807) is 17.6 Å². The van der Waals surface area contributed by atoms with Gasteiger partial charge in [-0.15, -0.1) is 0 Å². The molecule has 1 atom stereocenters. The topological polar surface area (TPSA) is 87.7 Å². The molecule has 2 amide bonds. The van der Waals surface area contributed by atoms with E-state index in [1.807, 2.05) is 5.43 Å². The molecular formula is C13H14ClF3N2O4. The molecule has 0 aliphatic heterocycles. The van der Waals surface area contributed by atoms with Gasteiger partial charge >= 0.3 is 6.18 Å². The summed E-state index contributed by atoms with van der Waals surface area (Å²) in [6.45, 7) is -0.0609. The highest BCUT2D eigenvalue weighted by molar-refractivity contribution is 6.32. The van der Waals surface area contributed by atoms with Crippen molar-refractivity contribution in [3.8, 4) is 5.75 Å². The number of carbonyl (C=O) groups excluding carboxylic acids is 2. The first-order valence-electron chi connectivity index (χ1n) is 6.27. The van der Waals surface area contributed by atoms with Gasteiger partial charge in [0.15, 0.2) is 12.2 Å². The van der Waals surface area contributed by atoms with Crippen LogP contribution in [0.3, 0.4) is 0 Å². The van der Waals surface area contributed by atoms with Crippen LogP contribution in [0.4, 0.5) is 13.2 Å². The maximum absolute atomic E-state index is 12.4. The summed E-state index contributed by atoms with van der Waals surface area (Å²) < 4.78 is 42.2. The third-order valence-corrected chi connectivity index (χ3v) is 2.96. The van der Waals surface area contributed by atoms with E-state index in [4.69, 9.17) is 21.4 Å². The third kappa shape index (κ3) is 5.95. The third-order valence-electron chi connectivity index (χ3n) is 2.65. The minimum absolute atomic E-state index is 0.232. The Bertz CT molecular complexity index is 579. The number of rotatable bonds is 5. The Morgan fingerprint density at radius 1 is 1.22 bits per heavy atom. The molecule has 0 unspecified atom stereocenters. The SMILES string of the molecule is C[C@@](O)(CC(=O)NNC(=O)COc1ccccc1Cl)C(F)(F)F. The number of amides is 2. The number of hydrogen-bond donors (Lipinski definition) is 3. The summed E-state index contributed by atoms with van der Waals surface area (Å²) in [5, 5.41) is 9.40. The molecule has 0 saturated carbocycles. The van der Waals surface area contributed by atoms with Crippen LogP contribution in [0.2, 0.25) is 5.02 Å². The summed E-state index contributed by atoms with van der Waals surface area (Å²) in [6.07, 6.45) is -6.23. The Morgan fingerprint density at radius 2 is 1.78 bits per heavy atom. The molecule has 0 radical (unpaired) electrons. The fourth-order valence-electron chi connectivity index (χ4n) is 1.34. The lowest BCUT2D eigenvalue weighted by atomic mass is 10.0. The summed E-state index contributed by atoms with van der Waals surface area (Å²) in [4.78, 5) is 22.7. The Kier molecular flexibility index (Phi) is 6.22. The van der Waals surface area contributed by atoms with E-state index in [0.29, 0.717) is 6.92 Å². The molecule has 23 heavy (non-hydrogen) atoms. The predicted octanol–water partition coefficient (Wildman–Crippen LogP) is 1.57. The van der Waals surface area contributed by atoms with Crippen LogP contribution in [0.15, 0.2) is 24.3 Å². The molecule has 0 heterocycles. The standard InChI is InChI=1S/C13H14ClF3N2O4/c1-12(22,13(15,16)17)6-10(20)18-19-11(21)7-23-9-5-3-2-4-8(9)14/h2-5,22H,6-7H2,1H3,(H,18,20)(H,19,21)/t12-/m1/s1. The molecule has 0 saturated heterocycles. The summed E-state index contributed by atoms with van der Waals surface area (Å²) >= 11 is 5.79. The van der Waals surface area contributed by atoms with Gasteiger partial charge in [-0.1, -0.05) is 23.7 Å². The van der Waals surface area contributed by atoms with Crippen molar-refractivity contribution in [1.29, 1.82) is 0 Å². The van der Waals surface area contributed by atoms with Crippen molar-refractivity contribution in [1.82, 2.24) is 10.9 Å². The van der Waals surface area contributed by atoms with Crippen molar-refractivity contribution < 1.29 is 32.6 Å². The van der Waals surface area contributed by atoms with Gasteiger partial charge in [0, 0.05) is 0 Å². The van der Waals surface area contributed by atoms with Crippen molar-refractivity contribution in [3.05, 3.63) is 29.3 Å². The van der Waals surface area contributed by atoms with Crippen molar-refractivity contribution in [2.75, 3.05) is 6.61 Å². The Hall–Kier alpha value is -2.00. The molecule has 0 aliphatic carbocycles. The molecule has 1 aromatic carbocycles. The number of hydrogen-bond acceptors (Lipinski definition) is 4. The zero-order valence-corrected chi connectivity index (χ0v) is 12.7. The molecule has 1 aromatic rings. The lowest BCUT2D eigenvalue weighted by molar-refractivity contribution is -0.253. The molecule has 1 rings (SSSR count). The van der Waals surface area contributed by atoms with E-state index in [0.717, 1.165) is 0 Å². The second-order valence-corrected chi connectivity index (χ2v) is 5.17. The van der Waals surface area contributed by atoms with Gasteiger partial charge in [-0.2, -0.15) is 13.2 Å². The first kappa shape index (κ1) is 19.0. The number of alkyl halides is 3. The second kappa shape index (κ2) is 7.51. The van der Waals surface area contributed by atoms with Crippen LogP contribution in [0.1, 0.15) is 13.3 Å². The summed E-state index contributed by atoms with van der Waals surface area (Å²) in [5.41, 5.74) is 0.413. The normalized spacial score (nSPS) is 13.8. The maximum Gasteiger partial charge on any atom is 0.417 e. The van der Waals surface area contributed by atoms with Gasteiger partial charge in [0.25, 0.3) is 5.91 Å². The van der Waals surface area contributed by atoms with Gasteiger partial charge in [0.1, 0.15) is 5.75 Å². The van der Waals surface area contributed by atoms with Crippen LogP contribution in [0, 0.1) is 0 Å². The second-order valence-electron chi connectivity index (χ2n) is 4.76. The zero-order valence-electron chi connectivity index (χ0n) is 11.9. The zero-order chi connectivity index (χ0) is 17.7. The van der Waals surface area contributed by atoms with Crippen molar-refractivity contribution in [2.45, 2.75) is 25.1 Å². The lowest BCUT2D eigenvalue weighted by Gasteiger charge is -2.25. The Balaban J connectivity index is 2.39. The van der Waals surface area contributed by atoms with Gasteiger partial charge in [0.2, 0.25) is 5.91 Å². The minimum atomic E-state index is -4.97. The molecular weight excluding hydrogens is 341 g/mol. The number of benzene rings is 1. The number of aliphatic hydroxyl groups is 1. The Labute approximate surface area is 134 Å². The molecule has 128 valence electrons. The number of halogens is 4. The number of carbonyl (C=O) groups is 2. The van der Waals surface area contributed by atoms with E-state index < -0.39 is 36.6 Å². The number of nitrogens with one attached hydrogen (secondary N) is 2. The largest absolute Gasteiger partial charge is 0.482 e. The average Bonchev–Trinajstić information content (AvgIpc) is 2.42.